The Kier molecular flexibility index (Phi) is 4.55. The molecule has 0 aromatic carbocycles. The van der Waals surface area contributed by atoms with Crippen molar-refractivity contribution in [2.24, 2.45) is 0 Å². The van der Waals surface area contributed by atoms with Crippen LogP contribution in [0, 0.1) is 11.3 Å². The van der Waals surface area contributed by atoms with Crippen LogP contribution < -0.4 is 0 Å². The Morgan fingerprint density at radius 3 is 3.00 bits per heavy atom. The minimum atomic E-state index is -0.224. The van der Waals surface area contributed by atoms with Gasteiger partial charge >= 0.3 is 0 Å². The number of ether oxygens (including phenoxy) is 1. The highest BCUT2D eigenvalue weighted by molar-refractivity contribution is 5.91. The molecule has 1 amide bonds. The molecule has 0 aliphatic heterocycles. The van der Waals surface area contributed by atoms with Gasteiger partial charge in [0.2, 0.25) is 0 Å². The molecule has 86 valence electrons. The summed E-state index contributed by atoms with van der Waals surface area (Å²) in [7, 11) is 3.20. The quantitative estimate of drug-likeness (QED) is 0.755. The first-order chi connectivity index (χ1) is 7.69. The van der Waals surface area contributed by atoms with Gasteiger partial charge < -0.3 is 14.1 Å². The Morgan fingerprint density at radius 1 is 1.62 bits per heavy atom. The SMILES string of the molecule is COCc1ccc(C(=O)N(C)CCC#N)o1. The van der Waals surface area contributed by atoms with Gasteiger partial charge in [0.1, 0.15) is 12.4 Å². The molecule has 1 aromatic rings. The molecule has 1 heterocycles. The summed E-state index contributed by atoms with van der Waals surface area (Å²) in [5, 5.41) is 8.41. The lowest BCUT2D eigenvalue weighted by molar-refractivity contribution is 0.0758. The normalized spacial score (nSPS) is 9.81. The molecule has 0 aliphatic carbocycles. The lowest BCUT2D eigenvalue weighted by Crippen LogP contribution is -2.27. The largest absolute Gasteiger partial charge is 0.453 e. The lowest BCUT2D eigenvalue weighted by Gasteiger charge is -2.13. The number of amides is 1. The monoisotopic (exact) mass is 222 g/mol. The van der Waals surface area contributed by atoms with Crippen LogP contribution in [0.4, 0.5) is 0 Å². The summed E-state index contributed by atoms with van der Waals surface area (Å²) in [6.07, 6.45) is 0.313. The molecule has 0 N–H and O–H groups in total. The van der Waals surface area contributed by atoms with Gasteiger partial charge in [0, 0.05) is 20.7 Å². The Bertz CT molecular complexity index is 392. The van der Waals surface area contributed by atoms with Crippen LogP contribution >= 0.6 is 0 Å². The van der Waals surface area contributed by atoms with Crippen LogP contribution in [-0.4, -0.2) is 31.5 Å². The fourth-order valence-electron chi connectivity index (χ4n) is 1.22. The zero-order valence-corrected chi connectivity index (χ0v) is 9.40. The molecule has 0 unspecified atom stereocenters. The lowest BCUT2D eigenvalue weighted by atomic mass is 10.3. The topological polar surface area (TPSA) is 66.5 Å². The van der Waals surface area contributed by atoms with Gasteiger partial charge in [-0.1, -0.05) is 0 Å². The van der Waals surface area contributed by atoms with Crippen molar-refractivity contribution in [3.05, 3.63) is 23.7 Å². The molecule has 5 heteroatoms. The maximum Gasteiger partial charge on any atom is 0.289 e. The van der Waals surface area contributed by atoms with Gasteiger partial charge in [-0.25, -0.2) is 0 Å². The van der Waals surface area contributed by atoms with Crippen molar-refractivity contribution in [2.75, 3.05) is 20.7 Å². The maximum absolute atomic E-state index is 11.8. The Balaban J connectivity index is 2.61. The number of carbonyl (C=O) groups is 1. The van der Waals surface area contributed by atoms with Crippen molar-refractivity contribution in [1.82, 2.24) is 4.90 Å². The molecule has 0 saturated carbocycles. The van der Waals surface area contributed by atoms with E-state index in [4.69, 9.17) is 14.4 Å². The van der Waals surface area contributed by atoms with E-state index in [1.807, 2.05) is 6.07 Å². The standard InChI is InChI=1S/C11H14N2O3/c1-13(7-3-6-12)11(14)10-5-4-9(16-10)8-15-2/h4-5H,3,7-8H2,1-2H3. The Morgan fingerprint density at radius 2 is 2.38 bits per heavy atom. The minimum Gasteiger partial charge on any atom is -0.453 e. The predicted octanol–water partition coefficient (Wildman–Crippen LogP) is 1.41. The van der Waals surface area contributed by atoms with E-state index < -0.39 is 0 Å². The smallest absolute Gasteiger partial charge is 0.289 e. The second-order valence-corrected chi connectivity index (χ2v) is 3.33. The van der Waals surface area contributed by atoms with Crippen LogP contribution in [0.1, 0.15) is 22.7 Å². The summed E-state index contributed by atoms with van der Waals surface area (Å²) in [5.74, 6) is 0.657. The molecular weight excluding hydrogens is 208 g/mol. The zero-order chi connectivity index (χ0) is 12.0. The van der Waals surface area contributed by atoms with E-state index in [0.717, 1.165) is 0 Å². The first kappa shape index (κ1) is 12.3. The second kappa shape index (κ2) is 5.93. The highest BCUT2D eigenvalue weighted by atomic mass is 16.5. The van der Waals surface area contributed by atoms with Gasteiger partial charge in [-0.15, -0.1) is 0 Å². The van der Waals surface area contributed by atoms with Gasteiger partial charge in [0.25, 0.3) is 5.91 Å². The highest BCUT2D eigenvalue weighted by Gasteiger charge is 2.15. The van der Waals surface area contributed by atoms with Crippen LogP contribution in [0.3, 0.4) is 0 Å². The molecule has 5 nitrogen and oxygen atoms in total. The summed E-state index contributed by atoms with van der Waals surface area (Å²) in [4.78, 5) is 13.2. The van der Waals surface area contributed by atoms with Crippen LogP contribution in [0.5, 0.6) is 0 Å². The third-order valence-corrected chi connectivity index (χ3v) is 2.06. The Labute approximate surface area is 94.2 Å². The molecule has 0 radical (unpaired) electrons. The van der Waals surface area contributed by atoms with E-state index in [0.29, 0.717) is 25.3 Å². The number of methoxy groups -OCH3 is 1. The minimum absolute atomic E-state index is 0.224. The average Bonchev–Trinajstić information content (AvgIpc) is 2.74. The van der Waals surface area contributed by atoms with Crippen LogP contribution in [0.15, 0.2) is 16.5 Å². The van der Waals surface area contributed by atoms with Gasteiger partial charge in [-0.05, 0) is 12.1 Å². The van der Waals surface area contributed by atoms with Crippen molar-refractivity contribution < 1.29 is 13.9 Å². The molecule has 1 aromatic heterocycles. The van der Waals surface area contributed by atoms with E-state index in [1.165, 1.54) is 4.90 Å². The molecule has 1 rings (SSSR count). The van der Waals surface area contributed by atoms with E-state index in [2.05, 4.69) is 0 Å². The van der Waals surface area contributed by atoms with Gasteiger partial charge in [-0.3, -0.25) is 4.79 Å². The van der Waals surface area contributed by atoms with E-state index in [1.54, 1.807) is 26.3 Å². The van der Waals surface area contributed by atoms with Gasteiger partial charge in [0.15, 0.2) is 5.76 Å². The maximum atomic E-state index is 11.8. The van der Waals surface area contributed by atoms with Gasteiger partial charge in [0.05, 0.1) is 12.5 Å². The number of nitriles is 1. The van der Waals surface area contributed by atoms with Crippen LogP contribution in [-0.2, 0) is 11.3 Å². The highest BCUT2D eigenvalue weighted by Crippen LogP contribution is 2.11. The van der Waals surface area contributed by atoms with Crippen LogP contribution in [0.25, 0.3) is 0 Å². The number of hydrogen-bond acceptors (Lipinski definition) is 4. The number of hydrogen-bond donors (Lipinski definition) is 0. The Hall–Kier alpha value is -1.80. The average molecular weight is 222 g/mol. The zero-order valence-electron chi connectivity index (χ0n) is 9.40. The molecular formula is C11H14N2O3. The molecule has 0 aliphatic rings. The number of carbonyl (C=O) groups excluding carboxylic acids is 1. The predicted molar refractivity (Wildman–Crippen MR) is 56.6 cm³/mol. The summed E-state index contributed by atoms with van der Waals surface area (Å²) < 4.78 is 10.2. The van der Waals surface area contributed by atoms with Crippen molar-refractivity contribution in [2.45, 2.75) is 13.0 Å². The molecule has 16 heavy (non-hydrogen) atoms. The second-order valence-electron chi connectivity index (χ2n) is 3.33. The number of nitrogens with zero attached hydrogens (tertiary/aromatic N) is 2. The van der Waals surface area contributed by atoms with Crippen LogP contribution in [0.2, 0.25) is 0 Å². The fraction of sp³-hybridized carbons (Fsp3) is 0.455. The van der Waals surface area contributed by atoms with Gasteiger partial charge in [-0.2, -0.15) is 5.26 Å². The summed E-state index contributed by atoms with van der Waals surface area (Å²) in [5.41, 5.74) is 0. The first-order valence-corrected chi connectivity index (χ1v) is 4.89. The molecule has 0 bridgehead atoms. The summed E-state index contributed by atoms with van der Waals surface area (Å²) >= 11 is 0. The van der Waals surface area contributed by atoms with Crippen molar-refractivity contribution >= 4 is 5.91 Å². The summed E-state index contributed by atoms with van der Waals surface area (Å²) in [6.45, 7) is 0.741. The van der Waals surface area contributed by atoms with Crippen molar-refractivity contribution in [3.8, 4) is 6.07 Å². The molecule has 0 saturated heterocycles. The fourth-order valence-corrected chi connectivity index (χ4v) is 1.22. The molecule has 0 spiro atoms. The number of furan rings is 1. The number of rotatable bonds is 5. The first-order valence-electron chi connectivity index (χ1n) is 4.89. The summed E-state index contributed by atoms with van der Waals surface area (Å²) in [6, 6.07) is 5.30. The van der Waals surface area contributed by atoms with E-state index in [9.17, 15) is 4.79 Å². The molecule has 0 fully saturated rings. The third kappa shape index (κ3) is 3.11. The van der Waals surface area contributed by atoms with Crippen molar-refractivity contribution in [1.29, 1.82) is 5.26 Å². The van der Waals surface area contributed by atoms with E-state index >= 15 is 0 Å². The molecule has 0 atom stereocenters. The third-order valence-electron chi connectivity index (χ3n) is 2.06. The van der Waals surface area contributed by atoms with Crippen molar-refractivity contribution in [3.63, 3.8) is 0 Å². The van der Waals surface area contributed by atoms with E-state index in [-0.39, 0.29) is 11.7 Å².